The highest BCUT2D eigenvalue weighted by atomic mass is 79.9. The Balaban J connectivity index is 3.15. The normalized spacial score (nSPS) is 9.93. The summed E-state index contributed by atoms with van der Waals surface area (Å²) in [6.07, 6.45) is 0. The molecule has 0 radical (unpaired) electrons. The minimum absolute atomic E-state index is 0.0222. The van der Waals surface area contributed by atoms with Gasteiger partial charge in [-0.25, -0.2) is 0 Å². The molecule has 0 aliphatic heterocycles. The van der Waals surface area contributed by atoms with Crippen LogP contribution in [0.1, 0.15) is 5.56 Å². The fourth-order valence-corrected chi connectivity index (χ4v) is 1.17. The monoisotopic (exact) mass is 262 g/mol. The van der Waals surface area contributed by atoms with Crippen molar-refractivity contribution in [2.24, 2.45) is 0 Å². The van der Waals surface area contributed by atoms with Gasteiger partial charge >= 0.3 is 6.61 Å². The zero-order valence-electron chi connectivity index (χ0n) is 6.80. The van der Waals surface area contributed by atoms with Crippen molar-refractivity contribution >= 4 is 21.6 Å². The third kappa shape index (κ3) is 2.33. The summed E-state index contributed by atoms with van der Waals surface area (Å²) in [5.41, 5.74) is 5.73. The largest absolute Gasteiger partial charge is 0.433 e. The zero-order chi connectivity index (χ0) is 10.7. The summed E-state index contributed by atoms with van der Waals surface area (Å²) < 4.78 is 28.3. The number of nitrogens with two attached hydrogens (primary N) is 1. The predicted molar refractivity (Wildman–Crippen MR) is 49.9 cm³/mol. The standard InChI is InChI=1S/C8H5BrF2N2O/c9-5-2-7(14-8(10)11)4(3-12)1-6(5)13/h1-2,8H,13H2. The molecular formula is C8H5BrF2N2O. The molecule has 1 aromatic carbocycles. The molecule has 2 N–H and O–H groups in total. The summed E-state index contributed by atoms with van der Waals surface area (Å²) in [7, 11) is 0. The molecule has 0 amide bonds. The average Bonchev–Trinajstić information content (AvgIpc) is 2.10. The van der Waals surface area contributed by atoms with Crippen molar-refractivity contribution in [1.82, 2.24) is 0 Å². The van der Waals surface area contributed by atoms with Crippen LogP contribution in [0.4, 0.5) is 14.5 Å². The smallest absolute Gasteiger partial charge is 0.387 e. The number of halogens is 3. The lowest BCUT2D eigenvalue weighted by molar-refractivity contribution is -0.0500. The van der Waals surface area contributed by atoms with E-state index in [9.17, 15) is 8.78 Å². The summed E-state index contributed by atoms with van der Waals surface area (Å²) in [5, 5.41) is 8.60. The Morgan fingerprint density at radius 1 is 1.50 bits per heavy atom. The van der Waals surface area contributed by atoms with Crippen LogP contribution in [0.25, 0.3) is 0 Å². The molecule has 6 heteroatoms. The number of hydrogen-bond acceptors (Lipinski definition) is 3. The number of ether oxygens (including phenoxy) is 1. The van der Waals surface area contributed by atoms with Gasteiger partial charge in [0.1, 0.15) is 11.8 Å². The van der Waals surface area contributed by atoms with Gasteiger partial charge in [-0.1, -0.05) is 0 Å². The Morgan fingerprint density at radius 3 is 2.64 bits per heavy atom. The van der Waals surface area contributed by atoms with Crippen LogP contribution < -0.4 is 10.5 Å². The molecule has 0 aromatic heterocycles. The lowest BCUT2D eigenvalue weighted by Gasteiger charge is -2.07. The van der Waals surface area contributed by atoms with Crippen molar-refractivity contribution in [2.45, 2.75) is 6.61 Å². The van der Waals surface area contributed by atoms with E-state index in [-0.39, 0.29) is 11.3 Å². The second-order valence-electron chi connectivity index (χ2n) is 2.36. The van der Waals surface area contributed by atoms with Gasteiger partial charge in [0.25, 0.3) is 0 Å². The lowest BCUT2D eigenvalue weighted by atomic mass is 10.2. The molecule has 0 heterocycles. The maximum absolute atomic E-state index is 11.9. The number of hydrogen-bond donors (Lipinski definition) is 1. The van der Waals surface area contributed by atoms with Crippen molar-refractivity contribution in [2.75, 3.05) is 5.73 Å². The molecule has 0 saturated carbocycles. The van der Waals surface area contributed by atoms with Gasteiger partial charge in [0.15, 0.2) is 0 Å². The molecule has 0 fully saturated rings. The van der Waals surface area contributed by atoms with E-state index in [4.69, 9.17) is 11.0 Å². The van der Waals surface area contributed by atoms with Crippen LogP contribution in [-0.4, -0.2) is 6.61 Å². The first-order valence-corrected chi connectivity index (χ1v) is 4.28. The van der Waals surface area contributed by atoms with Crippen molar-refractivity contribution in [1.29, 1.82) is 5.26 Å². The first-order valence-electron chi connectivity index (χ1n) is 3.48. The Hall–Kier alpha value is -1.35. The summed E-state index contributed by atoms with van der Waals surface area (Å²) >= 11 is 3.04. The van der Waals surface area contributed by atoms with Crippen molar-refractivity contribution < 1.29 is 13.5 Å². The molecular weight excluding hydrogens is 258 g/mol. The van der Waals surface area contributed by atoms with E-state index in [0.717, 1.165) is 0 Å². The van der Waals surface area contributed by atoms with Gasteiger partial charge in [-0.15, -0.1) is 0 Å². The Kier molecular flexibility index (Phi) is 3.25. The number of alkyl halides is 2. The fraction of sp³-hybridized carbons (Fsp3) is 0.125. The van der Waals surface area contributed by atoms with Crippen LogP contribution in [0, 0.1) is 11.3 Å². The third-order valence-electron chi connectivity index (χ3n) is 1.44. The highest BCUT2D eigenvalue weighted by Crippen LogP contribution is 2.29. The second-order valence-corrected chi connectivity index (χ2v) is 3.21. The number of benzene rings is 1. The molecule has 0 aliphatic carbocycles. The van der Waals surface area contributed by atoms with Crippen molar-refractivity contribution in [3.8, 4) is 11.8 Å². The maximum Gasteiger partial charge on any atom is 0.387 e. The molecule has 0 spiro atoms. The van der Waals surface area contributed by atoms with Gasteiger partial charge in [0, 0.05) is 10.2 Å². The van der Waals surface area contributed by atoms with E-state index >= 15 is 0 Å². The molecule has 0 aliphatic rings. The van der Waals surface area contributed by atoms with Gasteiger partial charge in [-0.05, 0) is 28.1 Å². The molecule has 3 nitrogen and oxygen atoms in total. The van der Waals surface area contributed by atoms with Gasteiger partial charge in [-0.3, -0.25) is 0 Å². The minimum Gasteiger partial charge on any atom is -0.433 e. The lowest BCUT2D eigenvalue weighted by Crippen LogP contribution is -2.04. The predicted octanol–water partition coefficient (Wildman–Crippen LogP) is 2.50. The maximum atomic E-state index is 11.9. The van der Waals surface area contributed by atoms with E-state index in [1.165, 1.54) is 12.1 Å². The summed E-state index contributed by atoms with van der Waals surface area (Å²) in [4.78, 5) is 0. The van der Waals surface area contributed by atoms with Crippen molar-refractivity contribution in [3.05, 3.63) is 22.2 Å². The molecule has 0 unspecified atom stereocenters. The van der Waals surface area contributed by atoms with Crippen molar-refractivity contribution in [3.63, 3.8) is 0 Å². The van der Waals surface area contributed by atoms with Gasteiger partial charge in [0.2, 0.25) is 0 Å². The number of rotatable bonds is 2. The van der Waals surface area contributed by atoms with E-state index in [1.807, 2.05) is 0 Å². The Labute approximate surface area is 87.2 Å². The van der Waals surface area contributed by atoms with E-state index in [0.29, 0.717) is 10.2 Å². The minimum atomic E-state index is -2.96. The number of nitrogen functional groups attached to an aromatic ring is 1. The quantitative estimate of drug-likeness (QED) is 0.834. The van der Waals surface area contributed by atoms with Crippen LogP contribution >= 0.6 is 15.9 Å². The molecule has 14 heavy (non-hydrogen) atoms. The van der Waals surface area contributed by atoms with Gasteiger partial charge in [-0.2, -0.15) is 14.0 Å². The van der Waals surface area contributed by atoms with Crippen LogP contribution in [0.5, 0.6) is 5.75 Å². The van der Waals surface area contributed by atoms with Gasteiger partial charge in [0.05, 0.1) is 5.56 Å². The van der Waals surface area contributed by atoms with E-state index in [2.05, 4.69) is 20.7 Å². The number of nitrogens with zero attached hydrogens (tertiary/aromatic N) is 1. The Bertz CT molecular complexity index is 390. The van der Waals surface area contributed by atoms with Crippen LogP contribution in [0.3, 0.4) is 0 Å². The van der Waals surface area contributed by atoms with E-state index < -0.39 is 6.61 Å². The summed E-state index contributed by atoms with van der Waals surface area (Å²) in [5.74, 6) is -0.191. The molecule has 0 bridgehead atoms. The number of nitriles is 1. The van der Waals surface area contributed by atoms with Crippen LogP contribution in [-0.2, 0) is 0 Å². The second kappa shape index (κ2) is 4.24. The summed E-state index contributed by atoms with van der Waals surface area (Å²) in [6, 6.07) is 4.21. The third-order valence-corrected chi connectivity index (χ3v) is 2.12. The summed E-state index contributed by atoms with van der Waals surface area (Å²) in [6.45, 7) is -2.96. The average molecular weight is 263 g/mol. The fourth-order valence-electron chi connectivity index (χ4n) is 0.853. The molecule has 1 aromatic rings. The Morgan fingerprint density at radius 2 is 2.14 bits per heavy atom. The molecule has 1 rings (SSSR count). The highest BCUT2D eigenvalue weighted by Gasteiger charge is 2.11. The zero-order valence-corrected chi connectivity index (χ0v) is 8.38. The molecule has 0 atom stereocenters. The van der Waals surface area contributed by atoms with Gasteiger partial charge < -0.3 is 10.5 Å². The topological polar surface area (TPSA) is 59.0 Å². The SMILES string of the molecule is N#Cc1cc(N)c(Br)cc1OC(F)F. The molecule has 74 valence electrons. The highest BCUT2D eigenvalue weighted by molar-refractivity contribution is 9.10. The first kappa shape index (κ1) is 10.7. The van der Waals surface area contributed by atoms with E-state index in [1.54, 1.807) is 6.07 Å². The number of anilines is 1. The van der Waals surface area contributed by atoms with Crippen LogP contribution in [0.2, 0.25) is 0 Å². The van der Waals surface area contributed by atoms with Crippen LogP contribution in [0.15, 0.2) is 16.6 Å². The first-order chi connectivity index (χ1) is 6.54. The molecule has 0 saturated heterocycles.